The van der Waals surface area contributed by atoms with Gasteiger partial charge in [-0.3, -0.25) is 4.79 Å². The first-order valence-electron chi connectivity index (χ1n) is 4.96. The molecule has 0 aliphatic heterocycles. The number of phenolic OH excluding ortho intramolecular Hbond substituents is 1. The first-order valence-corrected chi connectivity index (χ1v) is 4.96. The maximum Gasteiger partial charge on any atom is 0.255 e. The van der Waals surface area contributed by atoms with Crippen molar-refractivity contribution in [3.8, 4) is 11.5 Å². The van der Waals surface area contributed by atoms with Crippen LogP contribution in [0.1, 0.15) is 17.3 Å². The number of rotatable bonds is 4. The van der Waals surface area contributed by atoms with Crippen molar-refractivity contribution in [2.24, 2.45) is 5.73 Å². The van der Waals surface area contributed by atoms with Gasteiger partial charge < -0.3 is 20.9 Å². The normalized spacial score (nSPS) is 11.9. The first-order chi connectivity index (χ1) is 7.58. The van der Waals surface area contributed by atoms with Crippen LogP contribution in [0, 0.1) is 0 Å². The molecule has 0 saturated carbocycles. The van der Waals surface area contributed by atoms with Gasteiger partial charge in [-0.05, 0) is 25.1 Å². The van der Waals surface area contributed by atoms with Crippen LogP contribution in [0.15, 0.2) is 18.2 Å². The standard InChI is InChI=1S/C11H16N2O3/c1-7(6-12)13-11(15)9-5-8(16-2)3-4-10(9)14/h3-5,7,14H,6,12H2,1-2H3,(H,13,15)/t7-/m1/s1. The van der Waals surface area contributed by atoms with Gasteiger partial charge in [-0.25, -0.2) is 0 Å². The Labute approximate surface area is 94.2 Å². The molecule has 0 radical (unpaired) electrons. The number of hydrogen-bond acceptors (Lipinski definition) is 4. The average Bonchev–Trinajstić information content (AvgIpc) is 2.29. The lowest BCUT2D eigenvalue weighted by molar-refractivity contribution is 0.0938. The van der Waals surface area contributed by atoms with E-state index in [-0.39, 0.29) is 23.3 Å². The summed E-state index contributed by atoms with van der Waals surface area (Å²) in [5, 5.41) is 12.2. The van der Waals surface area contributed by atoms with Gasteiger partial charge in [0.15, 0.2) is 0 Å². The van der Waals surface area contributed by atoms with E-state index >= 15 is 0 Å². The topological polar surface area (TPSA) is 84.6 Å². The third kappa shape index (κ3) is 2.87. The van der Waals surface area contributed by atoms with Crippen molar-refractivity contribution in [3.05, 3.63) is 23.8 Å². The zero-order chi connectivity index (χ0) is 12.1. The molecule has 88 valence electrons. The Morgan fingerprint density at radius 2 is 2.31 bits per heavy atom. The summed E-state index contributed by atoms with van der Waals surface area (Å²) in [5.41, 5.74) is 5.57. The molecule has 0 bridgehead atoms. The van der Waals surface area contributed by atoms with Crippen molar-refractivity contribution in [1.29, 1.82) is 0 Å². The molecule has 0 heterocycles. The van der Waals surface area contributed by atoms with Gasteiger partial charge in [0.1, 0.15) is 11.5 Å². The van der Waals surface area contributed by atoms with Gasteiger partial charge in [-0.15, -0.1) is 0 Å². The molecule has 0 spiro atoms. The smallest absolute Gasteiger partial charge is 0.255 e. The minimum Gasteiger partial charge on any atom is -0.507 e. The van der Waals surface area contributed by atoms with Crippen molar-refractivity contribution in [2.75, 3.05) is 13.7 Å². The van der Waals surface area contributed by atoms with Gasteiger partial charge >= 0.3 is 0 Å². The number of phenols is 1. The molecule has 0 aromatic heterocycles. The lowest BCUT2D eigenvalue weighted by Crippen LogP contribution is -2.37. The quantitative estimate of drug-likeness (QED) is 0.694. The zero-order valence-electron chi connectivity index (χ0n) is 9.36. The van der Waals surface area contributed by atoms with E-state index in [2.05, 4.69) is 5.32 Å². The Hall–Kier alpha value is -1.75. The minimum atomic E-state index is -0.366. The molecule has 1 amide bonds. The molecule has 16 heavy (non-hydrogen) atoms. The molecule has 5 nitrogen and oxygen atoms in total. The summed E-state index contributed by atoms with van der Waals surface area (Å²) in [6, 6.07) is 4.34. The summed E-state index contributed by atoms with van der Waals surface area (Å²) in [7, 11) is 1.50. The molecule has 1 atom stereocenters. The van der Waals surface area contributed by atoms with E-state index in [1.165, 1.54) is 19.2 Å². The van der Waals surface area contributed by atoms with E-state index in [1.807, 2.05) is 0 Å². The van der Waals surface area contributed by atoms with Crippen molar-refractivity contribution in [3.63, 3.8) is 0 Å². The van der Waals surface area contributed by atoms with Crippen molar-refractivity contribution in [1.82, 2.24) is 5.32 Å². The SMILES string of the molecule is COc1ccc(O)c(C(=O)N[C@H](C)CN)c1. The van der Waals surface area contributed by atoms with Gasteiger partial charge in [-0.2, -0.15) is 0 Å². The second-order valence-corrected chi connectivity index (χ2v) is 3.49. The summed E-state index contributed by atoms with van der Waals surface area (Å²) in [6.45, 7) is 2.13. The zero-order valence-corrected chi connectivity index (χ0v) is 9.36. The Balaban J connectivity index is 2.89. The molecule has 1 aromatic rings. The molecule has 0 aliphatic carbocycles. The third-order valence-corrected chi connectivity index (χ3v) is 2.18. The van der Waals surface area contributed by atoms with Gasteiger partial charge in [0, 0.05) is 12.6 Å². The molecule has 0 saturated heterocycles. The number of carbonyl (C=O) groups excluding carboxylic acids is 1. The van der Waals surface area contributed by atoms with E-state index in [1.54, 1.807) is 13.0 Å². The molecule has 1 aromatic carbocycles. The van der Waals surface area contributed by atoms with Gasteiger partial charge in [0.05, 0.1) is 12.7 Å². The Bertz CT molecular complexity index is 379. The molecular formula is C11H16N2O3. The molecule has 0 aliphatic rings. The summed E-state index contributed by atoms with van der Waals surface area (Å²) < 4.78 is 4.98. The highest BCUT2D eigenvalue weighted by Crippen LogP contribution is 2.22. The van der Waals surface area contributed by atoms with Crippen LogP contribution in [0.5, 0.6) is 11.5 Å². The number of nitrogens with two attached hydrogens (primary N) is 1. The number of carbonyl (C=O) groups is 1. The fourth-order valence-corrected chi connectivity index (χ4v) is 1.18. The number of hydrogen-bond donors (Lipinski definition) is 3. The van der Waals surface area contributed by atoms with E-state index in [0.29, 0.717) is 12.3 Å². The maximum atomic E-state index is 11.7. The van der Waals surface area contributed by atoms with Crippen LogP contribution in [0.4, 0.5) is 0 Å². The monoisotopic (exact) mass is 224 g/mol. The number of nitrogens with one attached hydrogen (secondary N) is 1. The second-order valence-electron chi connectivity index (χ2n) is 3.49. The summed E-state index contributed by atoms with van der Waals surface area (Å²) in [5.74, 6) is 0.0697. The lowest BCUT2D eigenvalue weighted by Gasteiger charge is -2.12. The van der Waals surface area contributed by atoms with Crippen LogP contribution >= 0.6 is 0 Å². The maximum absolute atomic E-state index is 11.7. The summed E-state index contributed by atoms with van der Waals surface area (Å²) in [4.78, 5) is 11.7. The van der Waals surface area contributed by atoms with Crippen molar-refractivity contribution < 1.29 is 14.6 Å². The Morgan fingerprint density at radius 1 is 1.62 bits per heavy atom. The van der Waals surface area contributed by atoms with Gasteiger partial charge in [-0.1, -0.05) is 0 Å². The highest BCUT2D eigenvalue weighted by molar-refractivity contribution is 5.97. The fraction of sp³-hybridized carbons (Fsp3) is 0.364. The van der Waals surface area contributed by atoms with Gasteiger partial charge in [0.25, 0.3) is 5.91 Å². The van der Waals surface area contributed by atoms with E-state index in [0.717, 1.165) is 0 Å². The highest BCUT2D eigenvalue weighted by Gasteiger charge is 2.13. The van der Waals surface area contributed by atoms with E-state index < -0.39 is 0 Å². The van der Waals surface area contributed by atoms with Crippen LogP contribution < -0.4 is 15.8 Å². The molecular weight excluding hydrogens is 208 g/mol. The Kier molecular flexibility index (Phi) is 4.13. The average molecular weight is 224 g/mol. The minimum absolute atomic E-state index is 0.0810. The largest absolute Gasteiger partial charge is 0.507 e. The fourth-order valence-electron chi connectivity index (χ4n) is 1.18. The number of ether oxygens (including phenoxy) is 1. The predicted octanol–water partition coefficient (Wildman–Crippen LogP) is 0.478. The molecule has 4 N–H and O–H groups in total. The van der Waals surface area contributed by atoms with Crippen molar-refractivity contribution >= 4 is 5.91 Å². The molecule has 5 heteroatoms. The number of benzene rings is 1. The number of aromatic hydroxyl groups is 1. The third-order valence-electron chi connectivity index (χ3n) is 2.18. The van der Waals surface area contributed by atoms with E-state index in [9.17, 15) is 9.90 Å². The van der Waals surface area contributed by atoms with Crippen LogP contribution in [0.2, 0.25) is 0 Å². The lowest BCUT2D eigenvalue weighted by atomic mass is 10.1. The summed E-state index contributed by atoms with van der Waals surface area (Å²) in [6.07, 6.45) is 0. The Morgan fingerprint density at radius 3 is 2.88 bits per heavy atom. The predicted molar refractivity (Wildman–Crippen MR) is 60.6 cm³/mol. The van der Waals surface area contributed by atoms with Crippen LogP contribution in [0.3, 0.4) is 0 Å². The van der Waals surface area contributed by atoms with E-state index in [4.69, 9.17) is 10.5 Å². The number of methoxy groups -OCH3 is 1. The summed E-state index contributed by atoms with van der Waals surface area (Å²) >= 11 is 0. The van der Waals surface area contributed by atoms with Crippen LogP contribution in [-0.2, 0) is 0 Å². The molecule has 0 fully saturated rings. The van der Waals surface area contributed by atoms with Gasteiger partial charge in [0.2, 0.25) is 0 Å². The van der Waals surface area contributed by atoms with Crippen LogP contribution in [-0.4, -0.2) is 30.7 Å². The highest BCUT2D eigenvalue weighted by atomic mass is 16.5. The second kappa shape index (κ2) is 5.37. The van der Waals surface area contributed by atoms with Crippen molar-refractivity contribution in [2.45, 2.75) is 13.0 Å². The first kappa shape index (κ1) is 12.3. The molecule has 1 rings (SSSR count). The molecule has 0 unspecified atom stereocenters. The van der Waals surface area contributed by atoms with Crippen LogP contribution in [0.25, 0.3) is 0 Å². The number of amides is 1.